The largest absolute Gasteiger partial charge is 0.356 e. The number of hydrogen-bond donors (Lipinski definition) is 1. The van der Waals surface area contributed by atoms with E-state index in [1.807, 2.05) is 19.2 Å². The summed E-state index contributed by atoms with van der Waals surface area (Å²) in [5.41, 5.74) is 0.546. The molecule has 92 valence electrons. The molecule has 2 aliphatic rings. The maximum absolute atomic E-state index is 4.53. The fourth-order valence-electron chi connectivity index (χ4n) is 3.12. The summed E-state index contributed by atoms with van der Waals surface area (Å²) in [6.07, 6.45) is 5.81. The molecule has 1 N–H and O–H groups in total. The van der Waals surface area contributed by atoms with Gasteiger partial charge in [-0.2, -0.15) is 0 Å². The van der Waals surface area contributed by atoms with E-state index < -0.39 is 0 Å². The van der Waals surface area contributed by atoms with Crippen LogP contribution in [0.15, 0.2) is 12.3 Å². The van der Waals surface area contributed by atoms with Crippen LogP contribution in [-0.4, -0.2) is 36.1 Å². The molecule has 17 heavy (non-hydrogen) atoms. The fourth-order valence-corrected chi connectivity index (χ4v) is 3.12. The second kappa shape index (κ2) is 4.26. The van der Waals surface area contributed by atoms with Crippen molar-refractivity contribution in [2.45, 2.75) is 26.2 Å². The Balaban J connectivity index is 1.75. The molecule has 0 amide bonds. The summed E-state index contributed by atoms with van der Waals surface area (Å²) in [6.45, 7) is 6.63. The van der Waals surface area contributed by atoms with Crippen molar-refractivity contribution < 1.29 is 0 Å². The molecule has 1 aromatic rings. The maximum Gasteiger partial charge on any atom is 0.132 e. The summed E-state index contributed by atoms with van der Waals surface area (Å²) in [7, 11) is 0. The Kier molecular flexibility index (Phi) is 2.74. The van der Waals surface area contributed by atoms with Crippen LogP contribution in [0.4, 0.5) is 5.82 Å². The van der Waals surface area contributed by atoms with Crippen LogP contribution >= 0.6 is 0 Å². The minimum absolute atomic E-state index is 0.546. The molecule has 1 aromatic heterocycles. The highest BCUT2D eigenvalue weighted by Crippen LogP contribution is 2.39. The van der Waals surface area contributed by atoms with Crippen molar-refractivity contribution in [3.05, 3.63) is 18.1 Å². The van der Waals surface area contributed by atoms with E-state index >= 15 is 0 Å². The fraction of sp³-hybridized carbons (Fsp3) is 0.692. The molecule has 0 aromatic carbocycles. The lowest BCUT2D eigenvalue weighted by Crippen LogP contribution is -2.38. The maximum atomic E-state index is 4.53. The van der Waals surface area contributed by atoms with Gasteiger partial charge in [0.05, 0.1) is 0 Å². The van der Waals surface area contributed by atoms with Crippen LogP contribution in [0.2, 0.25) is 0 Å². The van der Waals surface area contributed by atoms with Gasteiger partial charge in [0, 0.05) is 19.3 Å². The van der Waals surface area contributed by atoms with Gasteiger partial charge in [0.15, 0.2) is 0 Å². The third-order valence-electron chi connectivity index (χ3n) is 4.19. The molecule has 0 atom stereocenters. The number of nitrogens with one attached hydrogen (secondary N) is 1. The molecule has 4 nitrogen and oxygen atoms in total. The lowest BCUT2D eigenvalue weighted by atomic mass is 9.78. The summed E-state index contributed by atoms with van der Waals surface area (Å²) in [4.78, 5) is 11.1. The number of aromatic nitrogens is 2. The Morgan fingerprint density at radius 2 is 2.12 bits per heavy atom. The normalized spacial score (nSPS) is 23.2. The number of piperidine rings is 1. The SMILES string of the molecule is Cc1nccc(N2CCC3(CCNCC3)C2)n1. The molecule has 0 radical (unpaired) electrons. The summed E-state index contributed by atoms with van der Waals surface area (Å²) >= 11 is 0. The van der Waals surface area contributed by atoms with Crippen molar-refractivity contribution in [2.24, 2.45) is 5.41 Å². The number of nitrogens with zero attached hydrogens (tertiary/aromatic N) is 3. The molecule has 3 heterocycles. The number of rotatable bonds is 1. The van der Waals surface area contributed by atoms with Gasteiger partial charge in [-0.25, -0.2) is 9.97 Å². The zero-order chi connectivity index (χ0) is 11.7. The van der Waals surface area contributed by atoms with E-state index in [0.717, 1.165) is 18.2 Å². The quantitative estimate of drug-likeness (QED) is 0.794. The zero-order valence-corrected chi connectivity index (χ0v) is 10.4. The van der Waals surface area contributed by atoms with Gasteiger partial charge in [-0.1, -0.05) is 0 Å². The van der Waals surface area contributed by atoms with Gasteiger partial charge in [-0.3, -0.25) is 0 Å². The van der Waals surface area contributed by atoms with Crippen molar-refractivity contribution in [1.29, 1.82) is 0 Å². The van der Waals surface area contributed by atoms with E-state index in [4.69, 9.17) is 0 Å². The highest BCUT2D eigenvalue weighted by molar-refractivity contribution is 5.39. The topological polar surface area (TPSA) is 41.1 Å². The third-order valence-corrected chi connectivity index (χ3v) is 4.19. The van der Waals surface area contributed by atoms with Crippen LogP contribution in [0, 0.1) is 12.3 Å². The predicted molar refractivity (Wildman–Crippen MR) is 68.1 cm³/mol. The van der Waals surface area contributed by atoms with Crippen LogP contribution in [0.25, 0.3) is 0 Å². The van der Waals surface area contributed by atoms with Crippen molar-refractivity contribution in [3.8, 4) is 0 Å². The van der Waals surface area contributed by atoms with E-state index in [1.54, 1.807) is 0 Å². The molecule has 2 fully saturated rings. The highest BCUT2D eigenvalue weighted by atomic mass is 15.2. The minimum atomic E-state index is 0.546. The third kappa shape index (κ3) is 2.14. The lowest BCUT2D eigenvalue weighted by Gasteiger charge is -2.33. The molecule has 2 aliphatic heterocycles. The summed E-state index contributed by atoms with van der Waals surface area (Å²) in [6, 6.07) is 2.03. The first kappa shape index (κ1) is 11.0. The van der Waals surface area contributed by atoms with Crippen molar-refractivity contribution in [2.75, 3.05) is 31.1 Å². The van der Waals surface area contributed by atoms with Gasteiger partial charge < -0.3 is 10.2 Å². The minimum Gasteiger partial charge on any atom is -0.356 e. The molecular weight excluding hydrogens is 212 g/mol. The second-order valence-corrected chi connectivity index (χ2v) is 5.38. The summed E-state index contributed by atoms with van der Waals surface area (Å²) in [5.74, 6) is 1.97. The molecule has 4 heteroatoms. The summed E-state index contributed by atoms with van der Waals surface area (Å²) in [5, 5.41) is 3.46. The first-order valence-corrected chi connectivity index (χ1v) is 6.53. The van der Waals surface area contributed by atoms with E-state index in [1.165, 1.54) is 38.9 Å². The van der Waals surface area contributed by atoms with Crippen molar-refractivity contribution >= 4 is 5.82 Å². The Labute approximate surface area is 102 Å². The lowest BCUT2D eigenvalue weighted by molar-refractivity contribution is 0.232. The smallest absolute Gasteiger partial charge is 0.132 e. The molecule has 1 spiro atoms. The molecule has 0 bridgehead atoms. The molecule has 0 unspecified atom stereocenters. The molecule has 2 saturated heterocycles. The van der Waals surface area contributed by atoms with Gasteiger partial charge in [-0.05, 0) is 50.8 Å². The van der Waals surface area contributed by atoms with Gasteiger partial charge in [-0.15, -0.1) is 0 Å². The molecule has 3 rings (SSSR count). The van der Waals surface area contributed by atoms with Crippen LogP contribution in [0.3, 0.4) is 0 Å². The number of anilines is 1. The second-order valence-electron chi connectivity index (χ2n) is 5.38. The Bertz CT molecular complexity index is 398. The van der Waals surface area contributed by atoms with Gasteiger partial charge >= 0.3 is 0 Å². The van der Waals surface area contributed by atoms with E-state index in [-0.39, 0.29) is 0 Å². The van der Waals surface area contributed by atoms with E-state index in [0.29, 0.717) is 5.41 Å². The average Bonchev–Trinajstić information content (AvgIpc) is 2.74. The standard InChI is InChI=1S/C13H20N4/c1-11-15-6-2-12(16-11)17-9-5-13(10-17)3-7-14-8-4-13/h2,6,14H,3-5,7-10H2,1H3. The zero-order valence-electron chi connectivity index (χ0n) is 10.4. The number of aryl methyl sites for hydroxylation is 1. The van der Waals surface area contributed by atoms with Gasteiger partial charge in [0.2, 0.25) is 0 Å². The first-order valence-electron chi connectivity index (χ1n) is 6.53. The molecule has 0 saturated carbocycles. The van der Waals surface area contributed by atoms with E-state index in [2.05, 4.69) is 20.2 Å². The van der Waals surface area contributed by atoms with Gasteiger partial charge in [0.1, 0.15) is 11.6 Å². The summed E-state index contributed by atoms with van der Waals surface area (Å²) < 4.78 is 0. The Hall–Kier alpha value is -1.16. The number of hydrogen-bond acceptors (Lipinski definition) is 4. The van der Waals surface area contributed by atoms with Crippen molar-refractivity contribution in [1.82, 2.24) is 15.3 Å². The van der Waals surface area contributed by atoms with Crippen LogP contribution in [0.1, 0.15) is 25.1 Å². The first-order chi connectivity index (χ1) is 8.27. The van der Waals surface area contributed by atoms with Gasteiger partial charge in [0.25, 0.3) is 0 Å². The Morgan fingerprint density at radius 3 is 2.88 bits per heavy atom. The van der Waals surface area contributed by atoms with Crippen LogP contribution in [0.5, 0.6) is 0 Å². The van der Waals surface area contributed by atoms with E-state index in [9.17, 15) is 0 Å². The highest BCUT2D eigenvalue weighted by Gasteiger charge is 2.39. The predicted octanol–water partition coefficient (Wildman–Crippen LogP) is 1.36. The van der Waals surface area contributed by atoms with Crippen LogP contribution < -0.4 is 10.2 Å². The van der Waals surface area contributed by atoms with Crippen LogP contribution in [-0.2, 0) is 0 Å². The Morgan fingerprint density at radius 1 is 1.29 bits per heavy atom. The average molecular weight is 232 g/mol. The monoisotopic (exact) mass is 232 g/mol. The molecular formula is C13H20N4. The molecule has 0 aliphatic carbocycles. The van der Waals surface area contributed by atoms with Crippen molar-refractivity contribution in [3.63, 3.8) is 0 Å².